The highest BCUT2D eigenvalue weighted by Gasteiger charge is 2.27. The molecule has 0 spiro atoms. The average Bonchev–Trinajstić information content (AvgIpc) is 2.69. The maximum atomic E-state index is 11.0. The van der Waals surface area contributed by atoms with Crippen LogP contribution in [0.15, 0.2) is 36.4 Å². The van der Waals surface area contributed by atoms with Gasteiger partial charge in [-0.05, 0) is 45.2 Å². The van der Waals surface area contributed by atoms with Crippen LogP contribution < -0.4 is 0 Å². The fourth-order valence-electron chi connectivity index (χ4n) is 4.35. The van der Waals surface area contributed by atoms with Crippen molar-refractivity contribution < 1.29 is 10.2 Å². The Morgan fingerprint density at radius 3 is 1.78 bits per heavy atom. The maximum absolute atomic E-state index is 11.0. The molecule has 1 saturated heterocycles. The predicted octanol–water partition coefficient (Wildman–Crippen LogP) is 5.49. The van der Waals surface area contributed by atoms with Gasteiger partial charge in [0.05, 0.1) is 6.10 Å². The quantitative estimate of drug-likeness (QED) is 0.621. The molecule has 2 aromatic carbocycles. The second kappa shape index (κ2) is 9.72. The first-order valence-electron chi connectivity index (χ1n) is 11.6. The standard InChI is InChI=1S/C27H39ClN2O2/c1-26(2,3)22-15-19(16-23(25(22)32)27(4,5)6)17-29-11-13-30(14-12-29)18-24(31)20-7-9-21(28)10-8-20/h7-10,15-16,24,31-32H,11-14,17-18H2,1-6H3/t24-/m1/s1. The number of hydrogen-bond donors (Lipinski definition) is 2. The summed E-state index contributed by atoms with van der Waals surface area (Å²) in [5.74, 6) is 0.440. The van der Waals surface area contributed by atoms with Crippen molar-refractivity contribution in [2.24, 2.45) is 0 Å². The van der Waals surface area contributed by atoms with Crippen LogP contribution in [0, 0.1) is 0 Å². The Balaban J connectivity index is 1.65. The van der Waals surface area contributed by atoms with E-state index in [0.717, 1.165) is 49.4 Å². The van der Waals surface area contributed by atoms with Gasteiger partial charge in [-0.3, -0.25) is 9.80 Å². The molecule has 2 N–H and O–H groups in total. The second-order valence-electron chi connectivity index (χ2n) is 11.2. The molecule has 0 aliphatic carbocycles. The Hall–Kier alpha value is -1.59. The molecule has 1 heterocycles. The molecule has 1 aliphatic heterocycles. The lowest BCUT2D eigenvalue weighted by atomic mass is 9.78. The number of hydrogen-bond acceptors (Lipinski definition) is 4. The van der Waals surface area contributed by atoms with Gasteiger partial charge in [0, 0.05) is 44.3 Å². The van der Waals surface area contributed by atoms with Crippen LogP contribution in [-0.2, 0) is 17.4 Å². The molecule has 1 fully saturated rings. The molecule has 0 saturated carbocycles. The van der Waals surface area contributed by atoms with Gasteiger partial charge < -0.3 is 10.2 Å². The van der Waals surface area contributed by atoms with Gasteiger partial charge in [-0.2, -0.15) is 0 Å². The Kier molecular flexibility index (Phi) is 7.61. The molecule has 0 radical (unpaired) electrons. The van der Waals surface area contributed by atoms with Crippen molar-refractivity contribution in [3.05, 3.63) is 63.7 Å². The van der Waals surface area contributed by atoms with Gasteiger partial charge >= 0.3 is 0 Å². The first-order chi connectivity index (χ1) is 14.8. The topological polar surface area (TPSA) is 46.9 Å². The van der Waals surface area contributed by atoms with Crippen LogP contribution in [0.25, 0.3) is 0 Å². The van der Waals surface area contributed by atoms with E-state index in [1.54, 1.807) is 0 Å². The van der Waals surface area contributed by atoms with Gasteiger partial charge in [-0.25, -0.2) is 0 Å². The summed E-state index contributed by atoms with van der Waals surface area (Å²) in [5.41, 5.74) is 3.97. The fraction of sp³-hybridized carbons (Fsp3) is 0.556. The summed E-state index contributed by atoms with van der Waals surface area (Å²) in [6.07, 6.45) is -0.500. The fourth-order valence-corrected chi connectivity index (χ4v) is 4.48. The summed E-state index contributed by atoms with van der Waals surface area (Å²) in [7, 11) is 0. The van der Waals surface area contributed by atoms with Gasteiger partial charge in [0.25, 0.3) is 0 Å². The maximum Gasteiger partial charge on any atom is 0.123 e. The minimum absolute atomic E-state index is 0.114. The molecular weight excluding hydrogens is 420 g/mol. The minimum atomic E-state index is -0.500. The van der Waals surface area contributed by atoms with E-state index in [9.17, 15) is 10.2 Å². The minimum Gasteiger partial charge on any atom is -0.507 e. The van der Waals surface area contributed by atoms with E-state index in [1.165, 1.54) is 5.56 Å². The van der Waals surface area contributed by atoms with Gasteiger partial charge in [0.15, 0.2) is 0 Å². The smallest absolute Gasteiger partial charge is 0.123 e. The number of phenols is 1. The molecule has 3 rings (SSSR count). The highest BCUT2D eigenvalue weighted by molar-refractivity contribution is 6.30. The average molecular weight is 459 g/mol. The summed E-state index contributed by atoms with van der Waals surface area (Å²) in [4.78, 5) is 4.80. The third kappa shape index (κ3) is 6.26. The summed E-state index contributed by atoms with van der Waals surface area (Å²) >= 11 is 5.96. The van der Waals surface area contributed by atoms with Crippen LogP contribution in [0.4, 0.5) is 0 Å². The SMILES string of the molecule is CC(C)(C)c1cc(CN2CCN(C[C@@H](O)c3ccc(Cl)cc3)CC2)cc(C(C)(C)C)c1O. The molecular formula is C27H39ClN2O2. The third-order valence-electron chi connectivity index (χ3n) is 6.34. The van der Waals surface area contributed by atoms with Crippen molar-refractivity contribution in [2.45, 2.75) is 65.0 Å². The molecule has 176 valence electrons. The van der Waals surface area contributed by atoms with Crippen molar-refractivity contribution in [3.8, 4) is 5.75 Å². The summed E-state index contributed by atoms with van der Waals surface area (Å²) < 4.78 is 0. The third-order valence-corrected chi connectivity index (χ3v) is 6.59. The van der Waals surface area contributed by atoms with Crippen LogP contribution in [0.5, 0.6) is 5.75 Å². The number of nitrogens with zero attached hydrogens (tertiary/aromatic N) is 2. The van der Waals surface area contributed by atoms with E-state index < -0.39 is 6.10 Å². The van der Waals surface area contributed by atoms with E-state index in [2.05, 4.69) is 63.5 Å². The summed E-state index contributed by atoms with van der Waals surface area (Å²) in [6, 6.07) is 11.8. The van der Waals surface area contributed by atoms with Crippen molar-refractivity contribution in [1.82, 2.24) is 9.80 Å². The van der Waals surface area contributed by atoms with Crippen LogP contribution in [0.2, 0.25) is 5.02 Å². The molecule has 32 heavy (non-hydrogen) atoms. The molecule has 1 aliphatic rings. The normalized spacial score (nSPS) is 17.5. The zero-order valence-electron chi connectivity index (χ0n) is 20.5. The number of aliphatic hydroxyl groups excluding tert-OH is 1. The number of benzene rings is 2. The largest absolute Gasteiger partial charge is 0.507 e. The van der Waals surface area contributed by atoms with E-state index >= 15 is 0 Å². The molecule has 4 nitrogen and oxygen atoms in total. The molecule has 2 aromatic rings. The van der Waals surface area contributed by atoms with Crippen LogP contribution >= 0.6 is 11.6 Å². The lowest BCUT2D eigenvalue weighted by Gasteiger charge is -2.36. The van der Waals surface area contributed by atoms with E-state index in [4.69, 9.17) is 11.6 Å². The number of aliphatic hydroxyl groups is 1. The zero-order valence-corrected chi connectivity index (χ0v) is 21.2. The van der Waals surface area contributed by atoms with Crippen LogP contribution in [0.3, 0.4) is 0 Å². The number of rotatable bonds is 5. The first kappa shape index (κ1) is 25.0. The highest BCUT2D eigenvalue weighted by Crippen LogP contribution is 2.40. The van der Waals surface area contributed by atoms with Gasteiger partial charge in [0.1, 0.15) is 5.75 Å². The number of phenolic OH excluding ortho intramolecular Hbond substituents is 1. The van der Waals surface area contributed by atoms with Crippen LogP contribution in [-0.4, -0.2) is 52.7 Å². The van der Waals surface area contributed by atoms with Crippen molar-refractivity contribution in [2.75, 3.05) is 32.7 Å². The highest BCUT2D eigenvalue weighted by atomic mass is 35.5. The Labute approximate surface area is 198 Å². The first-order valence-corrected chi connectivity index (χ1v) is 12.0. The number of β-amino-alcohol motifs (C(OH)–C–C–N with tert-alkyl or cyclic N) is 1. The second-order valence-corrected chi connectivity index (χ2v) is 11.6. The van der Waals surface area contributed by atoms with Gasteiger partial charge in [-0.15, -0.1) is 0 Å². The van der Waals surface area contributed by atoms with Crippen molar-refractivity contribution in [3.63, 3.8) is 0 Å². The molecule has 5 heteroatoms. The van der Waals surface area contributed by atoms with E-state index in [-0.39, 0.29) is 10.8 Å². The zero-order chi connectivity index (χ0) is 23.7. The molecule has 1 atom stereocenters. The Morgan fingerprint density at radius 1 is 0.844 bits per heavy atom. The monoisotopic (exact) mass is 458 g/mol. The number of aromatic hydroxyl groups is 1. The molecule has 0 unspecified atom stereocenters. The Bertz CT molecular complexity index is 870. The number of piperazine rings is 1. The lowest BCUT2D eigenvalue weighted by molar-refractivity contribution is 0.0701. The molecule has 0 amide bonds. The number of halogens is 1. The van der Waals surface area contributed by atoms with Gasteiger partial charge in [-0.1, -0.05) is 77.4 Å². The lowest BCUT2D eigenvalue weighted by Crippen LogP contribution is -2.47. The van der Waals surface area contributed by atoms with E-state index in [1.807, 2.05) is 24.3 Å². The predicted molar refractivity (Wildman–Crippen MR) is 134 cm³/mol. The summed E-state index contributed by atoms with van der Waals surface area (Å²) in [6.45, 7) is 18.2. The van der Waals surface area contributed by atoms with Gasteiger partial charge in [0.2, 0.25) is 0 Å². The van der Waals surface area contributed by atoms with Crippen molar-refractivity contribution in [1.29, 1.82) is 0 Å². The molecule has 0 aromatic heterocycles. The van der Waals surface area contributed by atoms with Crippen molar-refractivity contribution >= 4 is 11.6 Å². The molecule has 0 bridgehead atoms. The van der Waals surface area contributed by atoms with Crippen LogP contribution in [0.1, 0.15) is 69.9 Å². The summed E-state index contributed by atoms with van der Waals surface area (Å²) in [5, 5.41) is 22.2. The van der Waals surface area contributed by atoms with E-state index in [0.29, 0.717) is 17.3 Å². The Morgan fingerprint density at radius 2 is 1.31 bits per heavy atom.